The molecule has 1 heterocycles. The van der Waals surface area contributed by atoms with Gasteiger partial charge < -0.3 is 9.73 Å². The van der Waals surface area contributed by atoms with E-state index < -0.39 is 5.91 Å². The Morgan fingerprint density at radius 1 is 1.11 bits per heavy atom. The van der Waals surface area contributed by atoms with Crippen molar-refractivity contribution in [2.75, 3.05) is 19.6 Å². The highest BCUT2D eigenvalue weighted by atomic mass is 35.5. The average Bonchev–Trinajstić information content (AvgIpc) is 2.72. The molecule has 1 N–H and O–H groups in total. The summed E-state index contributed by atoms with van der Waals surface area (Å²) in [5, 5.41) is 3.71. The van der Waals surface area contributed by atoms with Gasteiger partial charge in [0.2, 0.25) is 0 Å². The summed E-state index contributed by atoms with van der Waals surface area (Å²) in [6.45, 7) is 6.31. The van der Waals surface area contributed by atoms with E-state index in [9.17, 15) is 9.59 Å². The zero-order valence-electron chi connectivity index (χ0n) is 15.9. The van der Waals surface area contributed by atoms with Crippen LogP contribution >= 0.6 is 11.6 Å². The average molecular weight is 399 g/mol. The summed E-state index contributed by atoms with van der Waals surface area (Å²) in [6.07, 6.45) is 0. The van der Waals surface area contributed by atoms with Gasteiger partial charge in [0.05, 0.1) is 11.4 Å². The number of hydrogen-bond acceptors (Lipinski definition) is 4. The predicted molar refractivity (Wildman–Crippen MR) is 112 cm³/mol. The van der Waals surface area contributed by atoms with Crippen molar-refractivity contribution in [1.29, 1.82) is 0 Å². The predicted octanol–water partition coefficient (Wildman–Crippen LogP) is 4.26. The number of nitrogens with zero attached hydrogens (tertiary/aromatic N) is 1. The minimum absolute atomic E-state index is 0.00817. The lowest BCUT2D eigenvalue weighted by atomic mass is 10.1. The van der Waals surface area contributed by atoms with Gasteiger partial charge in [-0.15, -0.1) is 0 Å². The number of benzene rings is 2. The van der Waals surface area contributed by atoms with Crippen LogP contribution in [0.5, 0.6) is 0 Å². The van der Waals surface area contributed by atoms with Crippen molar-refractivity contribution in [2.24, 2.45) is 0 Å². The zero-order chi connectivity index (χ0) is 20.1. The van der Waals surface area contributed by atoms with Gasteiger partial charge in [0.15, 0.2) is 11.2 Å². The molecule has 0 aliphatic carbocycles. The molecule has 0 saturated carbocycles. The first-order chi connectivity index (χ1) is 13.5. The van der Waals surface area contributed by atoms with Crippen LogP contribution in [0.2, 0.25) is 5.02 Å². The summed E-state index contributed by atoms with van der Waals surface area (Å²) >= 11 is 5.93. The van der Waals surface area contributed by atoms with Gasteiger partial charge in [-0.1, -0.05) is 55.8 Å². The fourth-order valence-electron chi connectivity index (χ4n) is 3.31. The maximum absolute atomic E-state index is 12.7. The van der Waals surface area contributed by atoms with Crippen molar-refractivity contribution in [3.8, 4) is 0 Å². The van der Waals surface area contributed by atoms with Gasteiger partial charge >= 0.3 is 0 Å². The Kier molecular flexibility index (Phi) is 6.49. The third-order valence-electron chi connectivity index (χ3n) is 4.81. The number of nitrogens with one attached hydrogen (secondary N) is 1. The highest BCUT2D eigenvalue weighted by Crippen LogP contribution is 2.20. The van der Waals surface area contributed by atoms with Gasteiger partial charge in [-0.3, -0.25) is 14.5 Å². The molecule has 146 valence electrons. The van der Waals surface area contributed by atoms with Gasteiger partial charge in [-0.2, -0.15) is 0 Å². The minimum atomic E-state index is -0.415. The molecule has 0 saturated heterocycles. The van der Waals surface area contributed by atoms with Crippen LogP contribution in [0.1, 0.15) is 36.0 Å². The summed E-state index contributed by atoms with van der Waals surface area (Å²) in [6, 6.07) is 16.0. The monoisotopic (exact) mass is 398 g/mol. The van der Waals surface area contributed by atoms with Crippen LogP contribution in [0.3, 0.4) is 0 Å². The fourth-order valence-corrected chi connectivity index (χ4v) is 3.49. The van der Waals surface area contributed by atoms with Crippen LogP contribution < -0.4 is 10.7 Å². The summed E-state index contributed by atoms with van der Waals surface area (Å²) in [5.74, 6) is -0.423. The van der Waals surface area contributed by atoms with Crippen LogP contribution in [0.4, 0.5) is 0 Å². The van der Waals surface area contributed by atoms with Gasteiger partial charge in [-0.25, -0.2) is 0 Å². The number of carbonyl (C=O) groups excluding carboxylic acids is 1. The molecule has 1 aromatic heterocycles. The van der Waals surface area contributed by atoms with E-state index in [4.69, 9.17) is 16.0 Å². The normalized spacial score (nSPS) is 12.3. The van der Waals surface area contributed by atoms with Crippen LogP contribution in [0.15, 0.2) is 63.8 Å². The Morgan fingerprint density at radius 2 is 1.82 bits per heavy atom. The van der Waals surface area contributed by atoms with Gasteiger partial charge in [0.25, 0.3) is 5.91 Å². The van der Waals surface area contributed by atoms with E-state index in [2.05, 4.69) is 36.2 Å². The third kappa shape index (κ3) is 4.43. The molecule has 0 fully saturated rings. The van der Waals surface area contributed by atoms with E-state index in [0.717, 1.165) is 18.7 Å². The lowest BCUT2D eigenvalue weighted by molar-refractivity contribution is 0.0908. The Hall–Kier alpha value is -2.63. The van der Waals surface area contributed by atoms with E-state index in [-0.39, 0.29) is 17.2 Å². The van der Waals surface area contributed by atoms with E-state index in [1.807, 2.05) is 18.2 Å². The van der Waals surface area contributed by atoms with E-state index in [0.29, 0.717) is 22.5 Å². The van der Waals surface area contributed by atoms with Crippen molar-refractivity contribution in [2.45, 2.75) is 19.9 Å². The van der Waals surface area contributed by atoms with Crippen molar-refractivity contribution in [3.63, 3.8) is 0 Å². The molecule has 0 radical (unpaired) electrons. The molecule has 3 aromatic rings. The van der Waals surface area contributed by atoms with Crippen LogP contribution in [0.25, 0.3) is 11.0 Å². The quantitative estimate of drug-likeness (QED) is 0.646. The highest BCUT2D eigenvalue weighted by Gasteiger charge is 2.20. The Morgan fingerprint density at radius 3 is 2.50 bits per heavy atom. The molecule has 0 bridgehead atoms. The molecule has 28 heavy (non-hydrogen) atoms. The molecule has 1 amide bonds. The molecule has 0 aliphatic rings. The number of carbonyl (C=O) groups is 1. The van der Waals surface area contributed by atoms with Crippen molar-refractivity contribution < 1.29 is 9.21 Å². The summed E-state index contributed by atoms with van der Waals surface area (Å²) in [5.41, 5.74) is 1.17. The smallest absolute Gasteiger partial charge is 0.287 e. The minimum Gasteiger partial charge on any atom is -0.451 e. The van der Waals surface area contributed by atoms with Crippen molar-refractivity contribution >= 4 is 28.5 Å². The Bertz CT molecular complexity index is 1010. The fraction of sp³-hybridized carbons (Fsp3) is 0.273. The maximum atomic E-state index is 12.7. The lowest BCUT2D eigenvalue weighted by Gasteiger charge is -2.30. The highest BCUT2D eigenvalue weighted by molar-refractivity contribution is 6.31. The lowest BCUT2D eigenvalue weighted by Crippen LogP contribution is -2.38. The molecule has 0 spiro atoms. The zero-order valence-corrected chi connectivity index (χ0v) is 16.7. The molecule has 0 aliphatic heterocycles. The standard InChI is InChI=1S/C22H23ClN2O3/c1-3-25(4-2)18(15-8-6-5-7-9-15)14-24-22(27)21-13-19(26)17-12-16(23)10-11-20(17)28-21/h5-13,18H,3-4,14H2,1-2H3,(H,24,27). The summed E-state index contributed by atoms with van der Waals surface area (Å²) in [4.78, 5) is 27.2. The number of halogens is 1. The van der Waals surface area contributed by atoms with Crippen LogP contribution in [-0.2, 0) is 0 Å². The molecule has 1 unspecified atom stereocenters. The second kappa shape index (κ2) is 9.04. The summed E-state index contributed by atoms with van der Waals surface area (Å²) in [7, 11) is 0. The Labute approximate surface area is 168 Å². The van der Waals surface area contributed by atoms with Crippen LogP contribution in [0, 0.1) is 0 Å². The first-order valence-electron chi connectivity index (χ1n) is 9.34. The number of rotatable bonds is 7. The number of amides is 1. The molecule has 1 atom stereocenters. The third-order valence-corrected chi connectivity index (χ3v) is 5.04. The maximum Gasteiger partial charge on any atom is 0.287 e. The number of fused-ring (bicyclic) bond motifs is 1. The molecule has 6 heteroatoms. The second-order valence-corrected chi connectivity index (χ2v) is 6.91. The SMILES string of the molecule is CCN(CC)C(CNC(=O)c1cc(=O)c2cc(Cl)ccc2o1)c1ccccc1. The van der Waals surface area contributed by atoms with E-state index in [1.165, 1.54) is 12.1 Å². The largest absolute Gasteiger partial charge is 0.451 e. The van der Waals surface area contributed by atoms with Crippen molar-refractivity contribution in [3.05, 3.63) is 81.2 Å². The first-order valence-corrected chi connectivity index (χ1v) is 9.71. The Balaban J connectivity index is 1.82. The molecular weight excluding hydrogens is 376 g/mol. The van der Waals surface area contributed by atoms with Gasteiger partial charge in [0, 0.05) is 17.6 Å². The number of likely N-dealkylation sites (N-methyl/N-ethyl adjacent to an activating group) is 1. The van der Waals surface area contributed by atoms with E-state index >= 15 is 0 Å². The molecule has 3 rings (SSSR count). The summed E-state index contributed by atoms with van der Waals surface area (Å²) < 4.78 is 5.63. The molecule has 5 nitrogen and oxygen atoms in total. The molecule has 2 aromatic carbocycles. The van der Waals surface area contributed by atoms with Gasteiger partial charge in [0.1, 0.15) is 5.58 Å². The van der Waals surface area contributed by atoms with E-state index in [1.54, 1.807) is 12.1 Å². The second-order valence-electron chi connectivity index (χ2n) is 6.47. The van der Waals surface area contributed by atoms with Gasteiger partial charge in [-0.05, 0) is 36.9 Å². The van der Waals surface area contributed by atoms with Crippen molar-refractivity contribution in [1.82, 2.24) is 10.2 Å². The number of hydrogen-bond donors (Lipinski definition) is 1. The topological polar surface area (TPSA) is 62.6 Å². The molecular formula is C22H23ClN2O3. The first kappa shape index (κ1) is 20.1. The van der Waals surface area contributed by atoms with Crippen LogP contribution in [-0.4, -0.2) is 30.4 Å².